The maximum atomic E-state index is 12.8. The van der Waals surface area contributed by atoms with Crippen LogP contribution in [0.3, 0.4) is 0 Å². The molecule has 2 atom stereocenters. The molecule has 338 valence electrons. The number of nitrogens with one attached hydrogen (secondary N) is 1. The Kier molecular flexibility index (Phi) is 29.6. The molecule has 2 unspecified atom stereocenters. The molecule has 2 N–H and O–H groups in total. The average molecular weight is 855 g/mol. The van der Waals surface area contributed by atoms with E-state index in [0.29, 0.717) is 18.5 Å². The van der Waals surface area contributed by atoms with Crippen LogP contribution in [0, 0.1) is 10.1 Å². The van der Waals surface area contributed by atoms with Gasteiger partial charge < -0.3 is 19.7 Å². The van der Waals surface area contributed by atoms with E-state index in [4.69, 9.17) is 18.5 Å². The van der Waals surface area contributed by atoms with Crippen molar-refractivity contribution in [3.05, 3.63) is 22.2 Å². The van der Waals surface area contributed by atoms with Crippen molar-refractivity contribution in [1.29, 1.82) is 0 Å². The molecular weight excluding hydrogens is 779 g/mol. The number of anilines is 1. The second kappa shape index (κ2) is 33.6. The molecule has 0 radical (unpaired) electrons. The van der Waals surface area contributed by atoms with Crippen LogP contribution in [-0.2, 0) is 32.7 Å². The van der Waals surface area contributed by atoms with Gasteiger partial charge in [-0.1, -0.05) is 168 Å². The van der Waals surface area contributed by atoms with E-state index in [1.165, 1.54) is 128 Å². The topological polar surface area (TPSA) is 202 Å². The van der Waals surface area contributed by atoms with Gasteiger partial charge in [0.05, 0.1) is 23.8 Å². The molecule has 2 aromatic rings. The fraction of sp³-hybridized carbons (Fsp3) is 0.814. The van der Waals surface area contributed by atoms with Crippen LogP contribution >= 0.6 is 7.82 Å². The van der Waals surface area contributed by atoms with E-state index in [9.17, 15) is 29.2 Å². The first-order valence-corrected chi connectivity index (χ1v) is 24.3. The molecule has 0 fully saturated rings. The standard InChI is InChI=1S/C43H75N4O11P/c1-3-5-7-9-11-13-15-17-19-21-23-25-27-29-40(48)54-35-37(57-41(49)30-28-26-24-22-20-18-16-14-12-10-8-6-4-2)36-56-59(52,53)55-34-33-44-38-31-32-39(47(50)51)43-42(38)45-58-46-43/h31-32,37,44H,3-30,33-36H2,1-2H3,(H,52,53). The second-order valence-electron chi connectivity index (χ2n) is 15.7. The number of carbonyl (C=O) groups is 2. The Morgan fingerprint density at radius 1 is 0.695 bits per heavy atom. The molecule has 0 aliphatic heterocycles. The minimum atomic E-state index is -4.62. The number of ether oxygens (including phenoxy) is 2. The predicted molar refractivity (Wildman–Crippen MR) is 230 cm³/mol. The van der Waals surface area contributed by atoms with Crippen molar-refractivity contribution in [1.82, 2.24) is 10.3 Å². The number of fused-ring (bicyclic) bond motifs is 1. The van der Waals surface area contributed by atoms with Gasteiger partial charge in [0, 0.05) is 25.5 Å². The Labute approximate surface area is 352 Å². The summed E-state index contributed by atoms with van der Waals surface area (Å²) in [5, 5.41) is 21.4. The summed E-state index contributed by atoms with van der Waals surface area (Å²) >= 11 is 0. The van der Waals surface area contributed by atoms with Crippen LogP contribution in [0.15, 0.2) is 16.8 Å². The van der Waals surface area contributed by atoms with Crippen molar-refractivity contribution in [2.24, 2.45) is 0 Å². The molecule has 0 aliphatic carbocycles. The monoisotopic (exact) mass is 855 g/mol. The molecule has 15 nitrogen and oxygen atoms in total. The number of hydrogen-bond acceptors (Lipinski definition) is 13. The normalized spacial score (nSPS) is 13.0. The average Bonchev–Trinajstić information content (AvgIpc) is 3.71. The lowest BCUT2D eigenvalue weighted by Gasteiger charge is -2.20. The van der Waals surface area contributed by atoms with Crippen molar-refractivity contribution >= 4 is 42.2 Å². The van der Waals surface area contributed by atoms with Gasteiger partial charge in [-0.15, -0.1) is 0 Å². The molecule has 0 saturated heterocycles. The van der Waals surface area contributed by atoms with E-state index in [-0.39, 0.29) is 49.3 Å². The van der Waals surface area contributed by atoms with Gasteiger partial charge in [0.1, 0.15) is 6.61 Å². The third kappa shape index (κ3) is 26.0. The summed E-state index contributed by atoms with van der Waals surface area (Å²) < 4.78 is 38.6. The molecule has 0 saturated carbocycles. The Morgan fingerprint density at radius 3 is 1.64 bits per heavy atom. The molecule has 1 heterocycles. The highest BCUT2D eigenvalue weighted by Gasteiger charge is 2.26. The number of nitro benzene ring substituents is 1. The molecule has 59 heavy (non-hydrogen) atoms. The first-order chi connectivity index (χ1) is 28.7. The highest BCUT2D eigenvalue weighted by Crippen LogP contribution is 2.43. The fourth-order valence-corrected chi connectivity index (χ4v) is 7.65. The zero-order valence-electron chi connectivity index (χ0n) is 36.2. The van der Waals surface area contributed by atoms with Crippen LogP contribution in [0.25, 0.3) is 11.0 Å². The molecule has 0 bridgehead atoms. The summed E-state index contributed by atoms with van der Waals surface area (Å²) in [5.74, 6) is -0.924. The van der Waals surface area contributed by atoms with E-state index in [2.05, 4.69) is 34.1 Å². The van der Waals surface area contributed by atoms with Crippen LogP contribution < -0.4 is 5.32 Å². The number of aromatic nitrogens is 2. The number of esters is 2. The smallest absolute Gasteiger partial charge is 0.462 e. The minimum absolute atomic E-state index is 0.00201. The summed E-state index contributed by atoms with van der Waals surface area (Å²) in [7, 11) is -4.62. The third-order valence-electron chi connectivity index (χ3n) is 10.4. The molecule has 16 heteroatoms. The molecule has 1 aromatic carbocycles. The number of hydrogen-bond donors (Lipinski definition) is 2. The fourth-order valence-electron chi connectivity index (χ4n) is 6.90. The van der Waals surface area contributed by atoms with Gasteiger partial charge in [0.25, 0.3) is 0 Å². The van der Waals surface area contributed by atoms with E-state index >= 15 is 0 Å². The van der Waals surface area contributed by atoms with Crippen LogP contribution in [0.1, 0.15) is 194 Å². The lowest BCUT2D eigenvalue weighted by molar-refractivity contribution is -0.383. The van der Waals surface area contributed by atoms with Crippen LogP contribution in [0.4, 0.5) is 11.4 Å². The number of nitrogens with zero attached hydrogens (tertiary/aromatic N) is 3. The number of unbranched alkanes of at least 4 members (excludes halogenated alkanes) is 24. The summed E-state index contributed by atoms with van der Waals surface area (Å²) in [5.41, 5.74) is 0.146. The van der Waals surface area contributed by atoms with Crippen LogP contribution in [-0.4, -0.2) is 64.5 Å². The number of nitro groups is 1. The van der Waals surface area contributed by atoms with Crippen molar-refractivity contribution in [2.45, 2.75) is 200 Å². The zero-order chi connectivity index (χ0) is 42.8. The molecule has 0 spiro atoms. The second-order valence-corrected chi connectivity index (χ2v) is 17.1. The van der Waals surface area contributed by atoms with Gasteiger partial charge in [-0.3, -0.25) is 28.8 Å². The lowest BCUT2D eigenvalue weighted by Crippen LogP contribution is -2.29. The van der Waals surface area contributed by atoms with Crippen molar-refractivity contribution in [2.75, 3.05) is 31.7 Å². The summed E-state index contributed by atoms with van der Waals surface area (Å²) in [6.45, 7) is 3.34. The lowest BCUT2D eigenvalue weighted by atomic mass is 10.0. The van der Waals surface area contributed by atoms with E-state index in [0.717, 1.165) is 38.5 Å². The number of phosphoric acid groups is 1. The third-order valence-corrected chi connectivity index (χ3v) is 11.4. The van der Waals surface area contributed by atoms with E-state index in [1.54, 1.807) is 0 Å². The first kappa shape index (κ1) is 52.0. The van der Waals surface area contributed by atoms with Gasteiger partial charge in [0.15, 0.2) is 11.6 Å². The van der Waals surface area contributed by atoms with Gasteiger partial charge in [-0.2, -0.15) is 0 Å². The first-order valence-electron chi connectivity index (χ1n) is 22.8. The zero-order valence-corrected chi connectivity index (χ0v) is 37.1. The highest BCUT2D eigenvalue weighted by atomic mass is 31.2. The summed E-state index contributed by atoms with van der Waals surface area (Å²) in [6, 6.07) is 2.65. The van der Waals surface area contributed by atoms with Gasteiger partial charge in [0.2, 0.25) is 5.52 Å². The Hall–Kier alpha value is -3.13. The molecule has 2 rings (SSSR count). The molecule has 1 aromatic heterocycles. The number of rotatable bonds is 40. The van der Waals surface area contributed by atoms with Crippen LogP contribution in [0.5, 0.6) is 0 Å². The predicted octanol–water partition coefficient (Wildman–Crippen LogP) is 12.1. The van der Waals surface area contributed by atoms with Crippen LogP contribution in [0.2, 0.25) is 0 Å². The number of benzene rings is 1. The van der Waals surface area contributed by atoms with Gasteiger partial charge >= 0.3 is 25.4 Å². The van der Waals surface area contributed by atoms with Crippen molar-refractivity contribution in [3.8, 4) is 0 Å². The van der Waals surface area contributed by atoms with Gasteiger partial charge in [-0.25, -0.2) is 9.19 Å². The Balaban J connectivity index is 1.72. The maximum Gasteiger partial charge on any atom is 0.472 e. The van der Waals surface area contributed by atoms with E-state index < -0.39 is 37.4 Å². The largest absolute Gasteiger partial charge is 0.472 e. The Morgan fingerprint density at radius 2 is 1.15 bits per heavy atom. The molecule has 0 aliphatic rings. The SMILES string of the molecule is CCCCCCCCCCCCCCCC(=O)OCC(COP(=O)(O)OCCNc1ccc([N+](=O)[O-])c2nonc12)OC(=O)CCCCCCCCCCCCCCC. The van der Waals surface area contributed by atoms with Crippen molar-refractivity contribution < 1.29 is 47.1 Å². The molecular formula is C43H75N4O11P. The quantitative estimate of drug-likeness (QED) is 0.0211. The summed E-state index contributed by atoms with van der Waals surface area (Å²) in [4.78, 5) is 46.3. The Bertz CT molecular complexity index is 1460. The van der Waals surface area contributed by atoms with E-state index in [1.807, 2.05) is 0 Å². The maximum absolute atomic E-state index is 12.8. The number of non-ortho nitro benzene ring substituents is 1. The highest BCUT2D eigenvalue weighted by molar-refractivity contribution is 7.47. The number of carbonyl (C=O) groups excluding carboxylic acids is 2. The molecule has 0 amide bonds. The van der Waals surface area contributed by atoms with Crippen molar-refractivity contribution in [3.63, 3.8) is 0 Å². The van der Waals surface area contributed by atoms with Gasteiger partial charge in [-0.05, 0) is 29.2 Å². The minimum Gasteiger partial charge on any atom is -0.462 e. The number of phosphoric ester groups is 1. The summed E-state index contributed by atoms with van der Waals surface area (Å²) in [6.07, 6.45) is 30.2.